The van der Waals surface area contributed by atoms with E-state index in [2.05, 4.69) is 12.2 Å². The molecule has 0 amide bonds. The third kappa shape index (κ3) is 6.37. The highest BCUT2D eigenvalue weighted by Gasteiger charge is 2.16. The highest BCUT2D eigenvalue weighted by atomic mass is 32.2. The van der Waals surface area contributed by atoms with E-state index in [9.17, 15) is 4.39 Å². The molecule has 0 radical (unpaired) electrons. The second-order valence-electron chi connectivity index (χ2n) is 5.59. The molecule has 0 aliphatic carbocycles. The number of nitrogens with one attached hydrogen (secondary N) is 1. The van der Waals surface area contributed by atoms with Crippen LogP contribution in [-0.2, 0) is 4.74 Å². The largest absolute Gasteiger partial charge is 0.378 e. The highest BCUT2D eigenvalue weighted by molar-refractivity contribution is 7.99. The zero-order valence-corrected chi connectivity index (χ0v) is 13.6. The molecule has 1 aromatic carbocycles. The molecule has 2 atom stereocenters. The molecule has 1 fully saturated rings. The smallest absolute Gasteiger partial charge is 0.123 e. The topological polar surface area (TPSA) is 21.3 Å². The molecule has 2 rings (SSSR count). The molecule has 0 bridgehead atoms. The third-order valence-corrected chi connectivity index (χ3v) is 5.03. The standard InChI is InChI=1S/C17H26FNOS/c1-2-19-15(5-3-6-16-7-4-12-20-16)13-21-17-10-8-14(18)9-11-17/h8-11,15-16,19H,2-7,12-13H2,1H3. The van der Waals surface area contributed by atoms with Gasteiger partial charge in [-0.25, -0.2) is 4.39 Å². The molecule has 1 saturated heterocycles. The predicted molar refractivity (Wildman–Crippen MR) is 87.4 cm³/mol. The minimum absolute atomic E-state index is 0.167. The van der Waals surface area contributed by atoms with Gasteiger partial charge in [0, 0.05) is 23.3 Å². The first-order valence-corrected chi connectivity index (χ1v) is 9.00. The number of hydrogen-bond acceptors (Lipinski definition) is 3. The number of benzene rings is 1. The summed E-state index contributed by atoms with van der Waals surface area (Å²) in [6.07, 6.45) is 6.53. The van der Waals surface area contributed by atoms with Gasteiger partial charge in [0.15, 0.2) is 0 Å². The van der Waals surface area contributed by atoms with Crippen molar-refractivity contribution in [1.29, 1.82) is 0 Å². The molecule has 0 saturated carbocycles. The Labute approximate surface area is 131 Å². The Hall–Kier alpha value is -0.580. The summed E-state index contributed by atoms with van der Waals surface area (Å²) in [6, 6.07) is 7.29. The maximum Gasteiger partial charge on any atom is 0.123 e. The van der Waals surface area contributed by atoms with Gasteiger partial charge in [0.1, 0.15) is 5.82 Å². The summed E-state index contributed by atoms with van der Waals surface area (Å²) in [5.74, 6) is 0.865. The van der Waals surface area contributed by atoms with Gasteiger partial charge in [-0.15, -0.1) is 11.8 Å². The lowest BCUT2D eigenvalue weighted by Crippen LogP contribution is -2.31. The lowest BCUT2D eigenvalue weighted by Gasteiger charge is -2.18. The van der Waals surface area contributed by atoms with E-state index in [1.807, 2.05) is 12.1 Å². The van der Waals surface area contributed by atoms with E-state index in [4.69, 9.17) is 4.74 Å². The Morgan fingerprint density at radius 2 is 2.19 bits per heavy atom. The predicted octanol–water partition coefficient (Wildman–Crippen LogP) is 4.25. The minimum atomic E-state index is -0.167. The van der Waals surface area contributed by atoms with Crippen molar-refractivity contribution in [3.63, 3.8) is 0 Å². The second-order valence-corrected chi connectivity index (χ2v) is 6.68. The van der Waals surface area contributed by atoms with Crippen LogP contribution in [0.15, 0.2) is 29.2 Å². The van der Waals surface area contributed by atoms with Crippen molar-refractivity contribution >= 4 is 11.8 Å². The van der Waals surface area contributed by atoms with Gasteiger partial charge < -0.3 is 10.1 Å². The molecule has 1 aliphatic heterocycles. The van der Waals surface area contributed by atoms with E-state index in [0.717, 1.165) is 23.8 Å². The first kappa shape index (κ1) is 16.8. The van der Waals surface area contributed by atoms with Crippen LogP contribution in [-0.4, -0.2) is 31.1 Å². The lowest BCUT2D eigenvalue weighted by molar-refractivity contribution is 0.101. The summed E-state index contributed by atoms with van der Waals surface area (Å²) < 4.78 is 18.6. The van der Waals surface area contributed by atoms with Crippen LogP contribution in [0.5, 0.6) is 0 Å². The Kier molecular flexibility index (Phi) is 7.54. The van der Waals surface area contributed by atoms with Crippen LogP contribution in [0.1, 0.15) is 39.0 Å². The fourth-order valence-corrected chi connectivity index (χ4v) is 3.73. The molecule has 1 N–H and O–H groups in total. The maximum absolute atomic E-state index is 12.9. The van der Waals surface area contributed by atoms with E-state index in [-0.39, 0.29) is 5.82 Å². The quantitative estimate of drug-likeness (QED) is 0.689. The first-order chi connectivity index (χ1) is 10.3. The van der Waals surface area contributed by atoms with Crippen LogP contribution in [0.3, 0.4) is 0 Å². The molecular weight excluding hydrogens is 285 g/mol. The molecule has 1 aromatic rings. The monoisotopic (exact) mass is 311 g/mol. The van der Waals surface area contributed by atoms with Crippen LogP contribution >= 0.6 is 11.8 Å². The van der Waals surface area contributed by atoms with Gasteiger partial charge in [0.05, 0.1) is 6.10 Å². The van der Waals surface area contributed by atoms with E-state index in [1.165, 1.54) is 44.2 Å². The van der Waals surface area contributed by atoms with Crippen molar-refractivity contribution in [3.8, 4) is 0 Å². The fourth-order valence-electron chi connectivity index (χ4n) is 2.72. The SMILES string of the molecule is CCNC(CCCC1CCCO1)CSc1ccc(F)cc1. The summed E-state index contributed by atoms with van der Waals surface area (Å²) in [6.45, 7) is 4.09. The van der Waals surface area contributed by atoms with Crippen molar-refractivity contribution in [2.24, 2.45) is 0 Å². The minimum Gasteiger partial charge on any atom is -0.378 e. The molecule has 2 unspecified atom stereocenters. The number of ether oxygens (including phenoxy) is 1. The normalized spacial score (nSPS) is 19.8. The fraction of sp³-hybridized carbons (Fsp3) is 0.647. The van der Waals surface area contributed by atoms with E-state index < -0.39 is 0 Å². The molecule has 0 aromatic heterocycles. The Morgan fingerprint density at radius 1 is 1.38 bits per heavy atom. The molecule has 0 spiro atoms. The number of hydrogen-bond donors (Lipinski definition) is 1. The van der Waals surface area contributed by atoms with Crippen LogP contribution < -0.4 is 5.32 Å². The molecule has 1 aliphatic rings. The molecule has 1 heterocycles. The van der Waals surface area contributed by atoms with Crippen molar-refractivity contribution in [3.05, 3.63) is 30.1 Å². The molecule has 21 heavy (non-hydrogen) atoms. The van der Waals surface area contributed by atoms with E-state index >= 15 is 0 Å². The zero-order valence-electron chi connectivity index (χ0n) is 12.8. The van der Waals surface area contributed by atoms with Crippen molar-refractivity contribution < 1.29 is 9.13 Å². The van der Waals surface area contributed by atoms with E-state index in [0.29, 0.717) is 12.1 Å². The van der Waals surface area contributed by atoms with Gasteiger partial charge in [-0.3, -0.25) is 0 Å². The van der Waals surface area contributed by atoms with Gasteiger partial charge in [-0.1, -0.05) is 6.92 Å². The summed E-state index contributed by atoms with van der Waals surface area (Å²) >= 11 is 1.80. The van der Waals surface area contributed by atoms with Gasteiger partial charge >= 0.3 is 0 Å². The molecular formula is C17H26FNOS. The zero-order chi connectivity index (χ0) is 14.9. The van der Waals surface area contributed by atoms with Crippen LogP contribution in [0.4, 0.5) is 4.39 Å². The van der Waals surface area contributed by atoms with Crippen molar-refractivity contribution in [2.45, 2.75) is 56.1 Å². The number of thioether (sulfide) groups is 1. The van der Waals surface area contributed by atoms with Gasteiger partial charge in [-0.2, -0.15) is 0 Å². The van der Waals surface area contributed by atoms with Crippen molar-refractivity contribution in [1.82, 2.24) is 5.32 Å². The Morgan fingerprint density at radius 3 is 2.86 bits per heavy atom. The second kappa shape index (κ2) is 9.44. The average Bonchev–Trinajstić information content (AvgIpc) is 3.00. The molecule has 118 valence electrons. The lowest BCUT2D eigenvalue weighted by atomic mass is 10.1. The number of rotatable bonds is 9. The van der Waals surface area contributed by atoms with Crippen molar-refractivity contribution in [2.75, 3.05) is 18.9 Å². The number of halogens is 1. The summed E-state index contributed by atoms with van der Waals surface area (Å²) in [5.41, 5.74) is 0. The van der Waals surface area contributed by atoms with Gasteiger partial charge in [0.2, 0.25) is 0 Å². The van der Waals surface area contributed by atoms with E-state index in [1.54, 1.807) is 11.8 Å². The summed E-state index contributed by atoms with van der Waals surface area (Å²) in [4.78, 5) is 1.14. The van der Waals surface area contributed by atoms with Crippen LogP contribution in [0.2, 0.25) is 0 Å². The highest BCUT2D eigenvalue weighted by Crippen LogP contribution is 2.22. The first-order valence-electron chi connectivity index (χ1n) is 8.01. The Bertz CT molecular complexity index is 392. The van der Waals surface area contributed by atoms with Crippen LogP contribution in [0, 0.1) is 5.82 Å². The van der Waals surface area contributed by atoms with Gasteiger partial charge in [-0.05, 0) is 62.9 Å². The average molecular weight is 311 g/mol. The van der Waals surface area contributed by atoms with Crippen LogP contribution in [0.25, 0.3) is 0 Å². The Balaban J connectivity index is 1.68. The summed E-state index contributed by atoms with van der Waals surface area (Å²) in [5, 5.41) is 3.55. The maximum atomic E-state index is 12.9. The summed E-state index contributed by atoms with van der Waals surface area (Å²) in [7, 11) is 0. The van der Waals surface area contributed by atoms with Gasteiger partial charge in [0.25, 0.3) is 0 Å². The third-order valence-electron chi connectivity index (χ3n) is 3.86. The molecule has 4 heteroatoms. The molecule has 2 nitrogen and oxygen atoms in total.